The monoisotopic (exact) mass is 338 g/mol. The molecule has 4 N–H and O–H groups in total. The number of halogens is 2. The van der Waals surface area contributed by atoms with E-state index < -0.39 is 11.7 Å². The van der Waals surface area contributed by atoms with E-state index in [1.807, 2.05) is 0 Å². The number of phenolic OH excluding ortho intramolecular Hbond substituents is 1. The summed E-state index contributed by atoms with van der Waals surface area (Å²) >= 11 is 3.24. The molecule has 0 radical (unpaired) electrons. The number of hydrogen-bond donors (Lipinski definition) is 3. The molecule has 0 spiro atoms. The van der Waals surface area contributed by atoms with Gasteiger partial charge in [0.2, 0.25) is 0 Å². The normalized spacial score (nSPS) is 10.3. The number of carbonyl (C=O) groups excluding carboxylic acids is 1. The number of nitrogens with one attached hydrogen (secondary N) is 1. The minimum absolute atomic E-state index is 0.0270. The third-order valence-corrected chi connectivity index (χ3v) is 3.22. The van der Waals surface area contributed by atoms with Gasteiger partial charge in [-0.3, -0.25) is 4.79 Å². The highest BCUT2D eigenvalue weighted by molar-refractivity contribution is 9.10. The van der Waals surface area contributed by atoms with Crippen LogP contribution in [0.2, 0.25) is 0 Å². The minimum Gasteiger partial charge on any atom is -0.508 e. The average Bonchev–Trinajstić information content (AvgIpc) is 2.42. The second-order valence-electron chi connectivity index (χ2n) is 4.19. The molecule has 0 aliphatic heterocycles. The van der Waals surface area contributed by atoms with Crippen LogP contribution in [0.3, 0.4) is 0 Å². The standard InChI is InChI=1S/C14H12BrFN2O2/c15-9-1-3-12(16)8(5-9)7-18-14(20)11-6-10(19)2-4-13(11)17/h1-6,19H,7,17H2,(H,18,20). The first-order chi connectivity index (χ1) is 9.47. The van der Waals surface area contributed by atoms with E-state index in [9.17, 15) is 14.3 Å². The zero-order chi connectivity index (χ0) is 14.7. The minimum atomic E-state index is -0.474. The zero-order valence-electron chi connectivity index (χ0n) is 10.4. The van der Waals surface area contributed by atoms with Crippen LogP contribution in [0.5, 0.6) is 5.75 Å². The van der Waals surface area contributed by atoms with Gasteiger partial charge in [0.1, 0.15) is 11.6 Å². The predicted octanol–water partition coefficient (Wildman–Crippen LogP) is 2.81. The fourth-order valence-corrected chi connectivity index (χ4v) is 2.10. The number of hydrogen-bond acceptors (Lipinski definition) is 3. The molecule has 1 amide bonds. The van der Waals surface area contributed by atoms with Crippen molar-refractivity contribution in [2.24, 2.45) is 0 Å². The summed E-state index contributed by atoms with van der Waals surface area (Å²) in [6, 6.07) is 8.57. The van der Waals surface area contributed by atoms with Gasteiger partial charge in [0.25, 0.3) is 5.91 Å². The average molecular weight is 339 g/mol. The molecule has 6 heteroatoms. The van der Waals surface area contributed by atoms with Gasteiger partial charge in [0, 0.05) is 22.3 Å². The molecule has 0 saturated carbocycles. The predicted molar refractivity (Wildman–Crippen MR) is 77.8 cm³/mol. The van der Waals surface area contributed by atoms with Crippen molar-refractivity contribution in [1.82, 2.24) is 5.32 Å². The van der Waals surface area contributed by atoms with Gasteiger partial charge < -0.3 is 16.2 Å². The number of aromatic hydroxyl groups is 1. The Hall–Kier alpha value is -2.08. The van der Waals surface area contributed by atoms with Crippen molar-refractivity contribution >= 4 is 27.5 Å². The lowest BCUT2D eigenvalue weighted by Gasteiger charge is -2.09. The maximum Gasteiger partial charge on any atom is 0.253 e. The number of anilines is 1. The largest absolute Gasteiger partial charge is 0.508 e. The van der Waals surface area contributed by atoms with Crippen molar-refractivity contribution in [2.75, 3.05) is 5.73 Å². The summed E-state index contributed by atoms with van der Waals surface area (Å²) in [5.41, 5.74) is 6.41. The Balaban J connectivity index is 2.12. The van der Waals surface area contributed by atoms with Crippen LogP contribution in [0, 0.1) is 5.82 Å². The highest BCUT2D eigenvalue weighted by Gasteiger charge is 2.11. The lowest BCUT2D eigenvalue weighted by molar-refractivity contribution is 0.0951. The molecule has 0 heterocycles. The first-order valence-electron chi connectivity index (χ1n) is 5.78. The summed E-state index contributed by atoms with van der Waals surface area (Å²) < 4.78 is 14.3. The van der Waals surface area contributed by atoms with Crippen LogP contribution in [0.1, 0.15) is 15.9 Å². The summed E-state index contributed by atoms with van der Waals surface area (Å²) in [5.74, 6) is -0.937. The van der Waals surface area contributed by atoms with Crippen molar-refractivity contribution in [1.29, 1.82) is 0 Å². The molecule has 0 bridgehead atoms. The van der Waals surface area contributed by atoms with Gasteiger partial charge >= 0.3 is 0 Å². The van der Waals surface area contributed by atoms with Gasteiger partial charge in [-0.2, -0.15) is 0 Å². The van der Waals surface area contributed by atoms with E-state index in [2.05, 4.69) is 21.2 Å². The van der Waals surface area contributed by atoms with Crippen molar-refractivity contribution in [3.8, 4) is 5.75 Å². The molecule has 4 nitrogen and oxygen atoms in total. The van der Waals surface area contributed by atoms with Crippen molar-refractivity contribution in [2.45, 2.75) is 6.54 Å². The first-order valence-corrected chi connectivity index (χ1v) is 6.57. The maximum atomic E-state index is 13.5. The van der Waals surface area contributed by atoms with E-state index in [0.717, 1.165) is 4.47 Å². The molecule has 0 saturated heterocycles. The van der Waals surface area contributed by atoms with Crippen LogP contribution in [0.4, 0.5) is 10.1 Å². The van der Waals surface area contributed by atoms with Crippen LogP contribution in [0.25, 0.3) is 0 Å². The summed E-state index contributed by atoms with van der Waals surface area (Å²) in [6.45, 7) is 0.0270. The Morgan fingerprint density at radius 1 is 1.30 bits per heavy atom. The number of benzene rings is 2. The molecule has 0 atom stereocenters. The molecule has 2 aromatic carbocycles. The highest BCUT2D eigenvalue weighted by atomic mass is 79.9. The summed E-state index contributed by atoms with van der Waals surface area (Å²) in [5, 5.41) is 11.9. The number of nitrogens with two attached hydrogens (primary N) is 1. The number of rotatable bonds is 3. The SMILES string of the molecule is Nc1ccc(O)cc1C(=O)NCc1cc(Br)ccc1F. The quantitative estimate of drug-likeness (QED) is 0.595. The molecule has 0 fully saturated rings. The van der Waals surface area contributed by atoms with Gasteiger partial charge in [-0.1, -0.05) is 15.9 Å². The van der Waals surface area contributed by atoms with Gasteiger partial charge in [0.05, 0.1) is 5.56 Å². The number of carbonyl (C=O) groups is 1. The van der Waals surface area contributed by atoms with Gasteiger partial charge in [-0.05, 0) is 36.4 Å². The topological polar surface area (TPSA) is 75.3 Å². The molecule has 0 aromatic heterocycles. The molecule has 0 aliphatic rings. The summed E-state index contributed by atoms with van der Waals surface area (Å²) in [4.78, 5) is 12.0. The second kappa shape index (κ2) is 5.92. The molecule has 20 heavy (non-hydrogen) atoms. The Kier molecular flexibility index (Phi) is 4.24. The van der Waals surface area contributed by atoms with Crippen molar-refractivity contribution in [3.05, 3.63) is 57.8 Å². The zero-order valence-corrected chi connectivity index (χ0v) is 11.9. The molecular weight excluding hydrogens is 327 g/mol. The van der Waals surface area contributed by atoms with E-state index in [0.29, 0.717) is 5.56 Å². The van der Waals surface area contributed by atoms with Crippen LogP contribution >= 0.6 is 15.9 Å². The Morgan fingerprint density at radius 2 is 2.05 bits per heavy atom. The molecule has 0 unspecified atom stereocenters. The Morgan fingerprint density at radius 3 is 2.80 bits per heavy atom. The molecule has 2 rings (SSSR count). The fraction of sp³-hybridized carbons (Fsp3) is 0.0714. The molecule has 104 valence electrons. The number of phenols is 1. The van der Waals surface area contributed by atoms with Gasteiger partial charge in [-0.25, -0.2) is 4.39 Å². The van der Waals surface area contributed by atoms with Crippen molar-refractivity contribution < 1.29 is 14.3 Å². The molecule has 0 aliphatic carbocycles. The van der Waals surface area contributed by atoms with Crippen molar-refractivity contribution in [3.63, 3.8) is 0 Å². The Labute approximate surface area is 123 Å². The highest BCUT2D eigenvalue weighted by Crippen LogP contribution is 2.19. The summed E-state index contributed by atoms with van der Waals surface area (Å²) in [7, 11) is 0. The molecule has 2 aromatic rings. The third-order valence-electron chi connectivity index (χ3n) is 2.73. The van der Waals surface area contributed by atoms with Crippen LogP contribution in [-0.4, -0.2) is 11.0 Å². The lowest BCUT2D eigenvalue weighted by Crippen LogP contribution is -2.24. The third kappa shape index (κ3) is 3.27. The maximum absolute atomic E-state index is 13.5. The fourth-order valence-electron chi connectivity index (χ4n) is 1.69. The molecular formula is C14H12BrFN2O2. The van der Waals surface area contributed by atoms with Gasteiger partial charge in [0.15, 0.2) is 0 Å². The first kappa shape index (κ1) is 14.3. The van der Waals surface area contributed by atoms with Crippen LogP contribution in [-0.2, 0) is 6.54 Å². The Bertz CT molecular complexity index is 662. The van der Waals surface area contributed by atoms with Crippen LogP contribution < -0.4 is 11.1 Å². The number of amides is 1. The number of nitrogen functional groups attached to an aromatic ring is 1. The van der Waals surface area contributed by atoms with E-state index in [1.165, 1.54) is 24.3 Å². The van der Waals surface area contributed by atoms with E-state index in [1.54, 1.807) is 12.1 Å². The second-order valence-corrected chi connectivity index (χ2v) is 5.11. The summed E-state index contributed by atoms with van der Waals surface area (Å²) in [6.07, 6.45) is 0. The van der Waals surface area contributed by atoms with Gasteiger partial charge in [-0.15, -0.1) is 0 Å². The van der Waals surface area contributed by atoms with E-state index in [-0.39, 0.29) is 23.5 Å². The van der Waals surface area contributed by atoms with Crippen LogP contribution in [0.15, 0.2) is 40.9 Å². The van der Waals surface area contributed by atoms with E-state index in [4.69, 9.17) is 5.73 Å². The smallest absolute Gasteiger partial charge is 0.253 e. The van der Waals surface area contributed by atoms with E-state index >= 15 is 0 Å². The lowest BCUT2D eigenvalue weighted by atomic mass is 10.1.